The second kappa shape index (κ2) is 41.2. The molecule has 0 unspecified atom stereocenters. The topological polar surface area (TPSA) is 718 Å². The van der Waals surface area contributed by atoms with Crippen LogP contribution in [0.1, 0.15) is 76.3 Å². The zero-order valence-corrected chi connectivity index (χ0v) is 61.6. The van der Waals surface area contributed by atoms with E-state index in [1.165, 1.54) is 36.4 Å². The Hall–Kier alpha value is -9.44. The van der Waals surface area contributed by atoms with E-state index < -0.39 is 241 Å². The minimum absolute atomic E-state index is 0.00832. The van der Waals surface area contributed by atoms with Crippen molar-refractivity contribution in [2.75, 3.05) is 65.8 Å². The highest BCUT2D eigenvalue weighted by atomic mass is 31.2. The molecule has 4 aliphatic heterocycles. The second-order valence-corrected chi connectivity index (χ2v) is 28.9. The summed E-state index contributed by atoms with van der Waals surface area (Å²) in [5, 5.41) is 113. The fourth-order valence-electron chi connectivity index (χ4n) is 12.7. The molecule has 47 heteroatoms. The van der Waals surface area contributed by atoms with Crippen molar-refractivity contribution in [3.8, 4) is 11.5 Å². The summed E-state index contributed by atoms with van der Waals surface area (Å²) >= 11 is 0. The number of carboxylic acid groups (broad SMARTS) is 1. The van der Waals surface area contributed by atoms with E-state index in [0.717, 1.165) is 33.4 Å². The number of aliphatic carboxylic acids is 1. The van der Waals surface area contributed by atoms with Crippen LogP contribution in [0.2, 0.25) is 0 Å². The van der Waals surface area contributed by atoms with Crippen LogP contribution in [0.25, 0.3) is 0 Å². The molecule has 4 aliphatic rings. The number of aliphatic hydroxyl groups is 6. The van der Waals surface area contributed by atoms with Gasteiger partial charge in [-0.05, 0) is 101 Å². The van der Waals surface area contributed by atoms with Crippen molar-refractivity contribution in [2.45, 2.75) is 175 Å². The van der Waals surface area contributed by atoms with Gasteiger partial charge in [-0.15, -0.1) is 0 Å². The second-order valence-electron chi connectivity index (χ2n) is 26.6. The minimum atomic E-state index is -5.98. The maximum Gasteiger partial charge on any atom is 0.279 e. The standard InChI is InChI=1S/C64H94N14O31P2/c1-31(83)49(73-56(92)47-9-5-19-75(47)60(96)40(26-80)68-51(87)37(65)23-33-11-15-35(85)16-12-33)58(94)71-43(29-108-110(102,103)104)62(98)77-21-3-7-45(77)54(90)67-39(25-79)53(89)66-38(24-34-13-17-36(86)18-14-34)52(88)69-41(27-81)61(97)76-20-6-10-48(76)57(93)74-50(32(2)84)59(95)72-44(30-109-111(105,106)107)63(99)78-22-4-8-46(78)55(91)70-42(28-82)64(100)101/h11-18,31-32,37-50,79-86H,3-10,19-30,65H2,1-2H3,(H,66,89)(H,67,90)(H,68,87)(H,69,88)(H,70,91)(H,71,94)(H,72,95)(H,73,92)(H,74,93)(H,100,101)(H2,102,103,104)(H2,105,106,107)/p-4/t31-,32-,37+,38+,39+,40+,41+,42+,43+,44+,45+,46+,47+,48+,49+,50+/m1/s1. The van der Waals surface area contributed by atoms with E-state index >= 15 is 0 Å². The molecule has 2 aromatic rings. The third-order valence-corrected chi connectivity index (χ3v) is 19.4. The first-order chi connectivity index (χ1) is 52.2. The molecule has 111 heavy (non-hydrogen) atoms. The van der Waals surface area contributed by atoms with E-state index in [-0.39, 0.29) is 101 Å². The quantitative estimate of drug-likeness (QED) is 0.0276. The summed E-state index contributed by atoms with van der Waals surface area (Å²) in [4.78, 5) is 243. The molecule has 0 spiro atoms. The normalized spacial score (nSPS) is 20.4. The van der Waals surface area contributed by atoms with Crippen LogP contribution in [-0.2, 0) is 98.1 Å². The van der Waals surface area contributed by atoms with E-state index in [4.69, 9.17) is 0 Å². The highest BCUT2D eigenvalue weighted by molar-refractivity contribution is 7.43. The number of carbonyl (C=O) groups excluding carboxylic acids is 14. The van der Waals surface area contributed by atoms with Gasteiger partial charge in [0.1, 0.15) is 84.0 Å². The van der Waals surface area contributed by atoms with Gasteiger partial charge < -0.3 is 162 Å². The van der Waals surface area contributed by atoms with Crippen LogP contribution in [0.4, 0.5) is 0 Å². The number of quaternary nitrogens is 1. The SMILES string of the molecule is C[C@@H](O)[C@H](NC(=O)[C@@H]1CCCN1C(=O)[C@H](CO)NC(=O)[C@H](Cc1ccc(O)cc1)NC(=O)[C@H](CO)NC(=O)[C@@H]1CCCN1C(=O)[C@H](COP(=O)([O-])[O-])NC(=O)[C@@H](NC(=O)[C@@H]1CCCN1C(=O)[C@H](CO)NC(=O)[C@@H]([NH3+])Cc1ccc(O)cc1)[C@@H](C)O)C(=O)N[C@@H](COP(=O)([O-])[O-])C(=O)N1CCC[C@H]1C(=O)N[C@@H](CO)C(=O)[O-]. The Labute approximate surface area is 632 Å². The predicted octanol–water partition coefficient (Wildman–Crippen LogP) is -15.0. The highest BCUT2D eigenvalue weighted by Gasteiger charge is 2.46. The Kier molecular flexibility index (Phi) is 33.6. The fourth-order valence-corrected chi connectivity index (χ4v) is 13.4. The van der Waals surface area contributed by atoms with Gasteiger partial charge in [0.25, 0.3) is 5.91 Å². The number of rotatable bonds is 39. The maximum atomic E-state index is 14.4. The number of phenols is 2. The highest BCUT2D eigenvalue weighted by Crippen LogP contribution is 2.29. The molecule has 4 saturated heterocycles. The van der Waals surface area contributed by atoms with Crippen LogP contribution >= 0.6 is 15.6 Å². The third kappa shape index (κ3) is 25.8. The van der Waals surface area contributed by atoms with Crippen LogP contribution in [0.3, 0.4) is 0 Å². The van der Waals surface area contributed by atoms with Crippen LogP contribution in [0.5, 0.6) is 11.5 Å². The average molecular weight is 1610 g/mol. The number of carbonyl (C=O) groups is 14. The maximum absolute atomic E-state index is 14.4. The van der Waals surface area contributed by atoms with E-state index in [1.54, 1.807) is 12.1 Å². The lowest BCUT2D eigenvalue weighted by Crippen LogP contribution is -2.70. The van der Waals surface area contributed by atoms with Crippen molar-refractivity contribution in [3.05, 3.63) is 59.7 Å². The molecule has 0 aromatic heterocycles. The Bertz CT molecular complexity index is 3780. The Morgan fingerprint density at radius 2 is 0.712 bits per heavy atom. The first-order valence-electron chi connectivity index (χ1n) is 34.9. The number of nitrogens with one attached hydrogen (secondary N) is 9. The lowest BCUT2D eigenvalue weighted by Gasteiger charge is -2.34. The Morgan fingerprint density at radius 1 is 0.423 bits per heavy atom. The summed E-state index contributed by atoms with van der Waals surface area (Å²) in [6.07, 6.45) is -4.41. The van der Waals surface area contributed by atoms with Crippen molar-refractivity contribution in [1.82, 2.24) is 67.5 Å². The number of phosphoric ester groups is 2. The molecule has 0 bridgehead atoms. The number of phosphoric acid groups is 2. The van der Waals surface area contributed by atoms with Crippen LogP contribution in [-0.4, -0.2) is 306 Å². The Balaban J connectivity index is 1.12. The van der Waals surface area contributed by atoms with Crippen LogP contribution in [0.15, 0.2) is 48.5 Å². The number of carboxylic acids is 1. The van der Waals surface area contributed by atoms with E-state index in [0.29, 0.717) is 5.56 Å². The smallest absolute Gasteiger partial charge is 0.279 e. The zero-order chi connectivity index (χ0) is 82.5. The van der Waals surface area contributed by atoms with Crippen molar-refractivity contribution in [3.63, 3.8) is 0 Å². The van der Waals surface area contributed by atoms with Gasteiger partial charge in [0, 0.05) is 39.0 Å². The molecule has 4 fully saturated rings. The lowest BCUT2D eigenvalue weighted by atomic mass is 10.0. The number of hydrogen-bond acceptors (Lipinski definition) is 31. The third-order valence-electron chi connectivity index (χ3n) is 18.5. The number of aliphatic hydroxyl groups excluding tert-OH is 6. The molecule has 16 atom stereocenters. The van der Waals surface area contributed by atoms with E-state index in [9.17, 15) is 142 Å². The predicted molar refractivity (Wildman–Crippen MR) is 360 cm³/mol. The van der Waals surface area contributed by atoms with Gasteiger partial charge in [-0.3, -0.25) is 62.3 Å². The van der Waals surface area contributed by atoms with Gasteiger partial charge in [0.05, 0.1) is 79.5 Å². The summed E-state index contributed by atoms with van der Waals surface area (Å²) < 4.78 is 32.0. The molecule has 0 radical (unpaired) electrons. The lowest BCUT2D eigenvalue weighted by molar-refractivity contribution is -0.403. The van der Waals surface area contributed by atoms with Crippen LogP contribution < -0.4 is 78.3 Å². The number of phenolic OH excluding ortho intramolecular Hbond substituents is 2. The first-order valence-corrected chi connectivity index (χ1v) is 37.8. The molecule has 13 amide bonds. The fraction of sp³-hybridized carbons (Fsp3) is 0.594. The largest absolute Gasteiger partial charge is 0.790 e. The minimum Gasteiger partial charge on any atom is -0.790 e. The molecule has 45 nitrogen and oxygen atoms in total. The molecule has 0 saturated carbocycles. The molecule has 0 aliphatic carbocycles. The van der Waals surface area contributed by atoms with Gasteiger partial charge >= 0.3 is 0 Å². The summed E-state index contributed by atoms with van der Waals surface area (Å²) in [7, 11) is -11.9. The van der Waals surface area contributed by atoms with E-state index in [2.05, 4.69) is 57.3 Å². The monoisotopic (exact) mass is 1610 g/mol. The van der Waals surface area contributed by atoms with Crippen molar-refractivity contribution in [2.24, 2.45) is 0 Å². The molecule has 4 heterocycles. The number of aromatic hydroxyl groups is 2. The molecule has 616 valence electrons. The molecule has 20 N–H and O–H groups in total. The molecular formula is C64H90N14O31P2-4. The van der Waals surface area contributed by atoms with E-state index in [1.807, 2.05) is 5.32 Å². The average Bonchev–Trinajstić information content (AvgIpc) is 1.75. The summed E-state index contributed by atoms with van der Waals surface area (Å²) in [5.74, 6) is -17.6. The number of nitrogens with zero attached hydrogens (tertiary/aromatic N) is 4. The van der Waals surface area contributed by atoms with Gasteiger partial charge in [-0.25, -0.2) is 0 Å². The number of hydrogen-bond donors (Lipinski definition) is 18. The number of likely N-dealkylation sites (tertiary alicyclic amines) is 4. The van der Waals surface area contributed by atoms with Gasteiger partial charge in [-0.1, -0.05) is 24.3 Å². The van der Waals surface area contributed by atoms with Crippen LogP contribution in [0, 0.1) is 0 Å². The summed E-state index contributed by atoms with van der Waals surface area (Å²) in [5.41, 5.74) is 4.61. The molecular weight excluding hydrogens is 1520 g/mol. The van der Waals surface area contributed by atoms with Gasteiger partial charge in [-0.2, -0.15) is 0 Å². The van der Waals surface area contributed by atoms with Gasteiger partial charge in [0.2, 0.25) is 70.9 Å². The first kappa shape index (κ1) is 90.4. The zero-order valence-electron chi connectivity index (χ0n) is 59.9. The van der Waals surface area contributed by atoms with Crippen molar-refractivity contribution >= 4 is 98.4 Å². The summed E-state index contributed by atoms with van der Waals surface area (Å²) in [6, 6.07) is -14.0. The van der Waals surface area contributed by atoms with Crippen molar-refractivity contribution in [1.29, 1.82) is 0 Å². The molecule has 2 aromatic carbocycles. The van der Waals surface area contributed by atoms with Crippen molar-refractivity contribution < 1.29 is 157 Å². The number of amides is 13. The van der Waals surface area contributed by atoms with Gasteiger partial charge in [0.15, 0.2) is 6.04 Å². The Morgan fingerprint density at radius 3 is 1.04 bits per heavy atom. The summed E-state index contributed by atoms with van der Waals surface area (Å²) in [6.45, 7) is -6.32. The molecule has 6 rings (SSSR count). The number of benzene rings is 2.